The van der Waals surface area contributed by atoms with Crippen molar-refractivity contribution in [3.8, 4) is 5.75 Å². The van der Waals surface area contributed by atoms with Crippen molar-refractivity contribution in [1.29, 1.82) is 0 Å². The maximum absolute atomic E-state index is 10.6. The van der Waals surface area contributed by atoms with E-state index < -0.39 is 5.97 Å². The van der Waals surface area contributed by atoms with Crippen LogP contribution in [-0.4, -0.2) is 17.7 Å². The smallest absolute Gasteiger partial charge is 0.335 e. The summed E-state index contributed by atoms with van der Waals surface area (Å²) in [4.78, 5) is 10.6. The van der Waals surface area contributed by atoms with Crippen molar-refractivity contribution in [3.63, 3.8) is 0 Å². The van der Waals surface area contributed by atoms with Gasteiger partial charge < -0.3 is 9.84 Å². The van der Waals surface area contributed by atoms with Gasteiger partial charge >= 0.3 is 5.97 Å². The first-order chi connectivity index (χ1) is 6.27. The number of ether oxygens (including phenoxy) is 1. The lowest BCUT2D eigenvalue weighted by Gasteiger charge is -2.14. The Bertz CT molecular complexity index is 388. The maximum atomic E-state index is 10.6. The molecule has 0 aliphatic carbocycles. The van der Waals surface area contributed by atoms with Gasteiger partial charge in [0.25, 0.3) is 0 Å². The number of para-hydroxylation sites is 1. The molecule has 0 saturated carbocycles. The lowest BCUT2D eigenvalue weighted by Crippen LogP contribution is -2.13. The highest BCUT2D eigenvalue weighted by Crippen LogP contribution is 2.25. The molecule has 2 rings (SSSR count). The molecule has 0 radical (unpaired) electrons. The van der Waals surface area contributed by atoms with Crippen molar-refractivity contribution in [1.82, 2.24) is 0 Å². The molecule has 1 N–H and O–H groups in total. The minimum absolute atomic E-state index is 0. The van der Waals surface area contributed by atoms with E-state index in [-0.39, 0.29) is 31.4 Å². The summed E-state index contributed by atoms with van der Waals surface area (Å²) in [6.45, 7) is 0.145. The standard InChI is InChI=1S/C10H8O3.2ClH/c11-10(12)8-5-7-3-1-2-4-9(7)13-6-8;;/h1-5H,6H2,(H,11,12);2*1H. The van der Waals surface area contributed by atoms with Crippen LogP contribution in [0.4, 0.5) is 0 Å². The summed E-state index contributed by atoms with van der Waals surface area (Å²) in [5.41, 5.74) is 1.12. The van der Waals surface area contributed by atoms with E-state index in [1.54, 1.807) is 6.08 Å². The predicted molar refractivity (Wildman–Crippen MR) is 62.0 cm³/mol. The number of carboxylic acid groups (broad SMARTS) is 1. The highest BCUT2D eigenvalue weighted by molar-refractivity contribution is 5.93. The lowest BCUT2D eigenvalue weighted by molar-refractivity contribution is -0.132. The Labute approximate surface area is 99.6 Å². The minimum Gasteiger partial charge on any atom is -0.488 e. The molecule has 1 heterocycles. The van der Waals surface area contributed by atoms with Gasteiger partial charge in [-0.15, -0.1) is 24.8 Å². The first-order valence-corrected chi connectivity index (χ1v) is 3.93. The Morgan fingerprint density at radius 2 is 1.93 bits per heavy atom. The quantitative estimate of drug-likeness (QED) is 0.831. The summed E-state index contributed by atoms with van der Waals surface area (Å²) >= 11 is 0. The fourth-order valence-electron chi connectivity index (χ4n) is 1.24. The number of rotatable bonds is 1. The number of benzene rings is 1. The van der Waals surface area contributed by atoms with Gasteiger partial charge in [-0.1, -0.05) is 18.2 Å². The highest BCUT2D eigenvalue weighted by atomic mass is 35.5. The van der Waals surface area contributed by atoms with Crippen molar-refractivity contribution in [2.24, 2.45) is 0 Å². The maximum Gasteiger partial charge on any atom is 0.335 e. The molecule has 0 amide bonds. The van der Waals surface area contributed by atoms with E-state index in [9.17, 15) is 4.79 Å². The van der Waals surface area contributed by atoms with Gasteiger partial charge in [0.05, 0.1) is 5.57 Å². The number of carboxylic acids is 1. The number of aliphatic carboxylic acids is 1. The van der Waals surface area contributed by atoms with Crippen molar-refractivity contribution in [3.05, 3.63) is 35.4 Å². The van der Waals surface area contributed by atoms with Crippen LogP contribution in [0.3, 0.4) is 0 Å². The fraction of sp³-hybridized carbons (Fsp3) is 0.100. The first kappa shape index (κ1) is 13.8. The van der Waals surface area contributed by atoms with E-state index in [0.717, 1.165) is 11.3 Å². The zero-order valence-corrected chi connectivity index (χ0v) is 9.31. The average Bonchev–Trinajstić information content (AvgIpc) is 2.17. The van der Waals surface area contributed by atoms with Crippen LogP contribution in [0.15, 0.2) is 29.8 Å². The Morgan fingerprint density at radius 1 is 1.27 bits per heavy atom. The Hall–Kier alpha value is -1.19. The molecule has 1 aromatic rings. The van der Waals surface area contributed by atoms with Crippen LogP contribution in [-0.2, 0) is 4.79 Å². The molecule has 3 nitrogen and oxygen atoms in total. The molecule has 5 heteroatoms. The largest absolute Gasteiger partial charge is 0.488 e. The third-order valence-electron chi connectivity index (χ3n) is 1.91. The van der Waals surface area contributed by atoms with Gasteiger partial charge in [0.2, 0.25) is 0 Å². The van der Waals surface area contributed by atoms with Crippen LogP contribution in [0, 0.1) is 0 Å². The van der Waals surface area contributed by atoms with Crippen molar-refractivity contribution >= 4 is 36.9 Å². The third kappa shape index (κ3) is 2.88. The second kappa shape index (κ2) is 5.63. The molecule has 0 spiro atoms. The summed E-state index contributed by atoms with van der Waals surface area (Å²) in [5.74, 6) is -0.179. The normalized spacial score (nSPS) is 12.1. The SMILES string of the molecule is Cl.Cl.O=C(O)C1=Cc2ccccc2OC1. The zero-order valence-electron chi connectivity index (χ0n) is 7.67. The van der Waals surface area contributed by atoms with E-state index >= 15 is 0 Å². The van der Waals surface area contributed by atoms with Gasteiger partial charge in [-0.2, -0.15) is 0 Å². The van der Waals surface area contributed by atoms with Gasteiger partial charge in [0.15, 0.2) is 0 Å². The summed E-state index contributed by atoms with van der Waals surface area (Å²) in [5, 5.41) is 8.72. The number of halogens is 2. The van der Waals surface area contributed by atoms with Gasteiger partial charge in [0, 0.05) is 5.56 Å². The van der Waals surface area contributed by atoms with Crippen LogP contribution in [0.5, 0.6) is 5.75 Å². The molecule has 1 aromatic carbocycles. The van der Waals surface area contributed by atoms with Crippen LogP contribution in [0.2, 0.25) is 0 Å². The molecule has 15 heavy (non-hydrogen) atoms. The van der Waals surface area contributed by atoms with Crippen LogP contribution in [0.1, 0.15) is 5.56 Å². The minimum atomic E-state index is -0.922. The summed E-state index contributed by atoms with van der Waals surface area (Å²) in [7, 11) is 0. The van der Waals surface area contributed by atoms with Gasteiger partial charge in [0.1, 0.15) is 12.4 Å². The molecule has 0 aromatic heterocycles. The molecule has 0 saturated heterocycles. The van der Waals surface area contributed by atoms with E-state index in [2.05, 4.69) is 0 Å². The summed E-state index contributed by atoms with van der Waals surface area (Å²) in [6, 6.07) is 7.36. The average molecular weight is 249 g/mol. The van der Waals surface area contributed by atoms with Crippen molar-refractivity contribution < 1.29 is 14.6 Å². The van der Waals surface area contributed by atoms with E-state index in [1.807, 2.05) is 24.3 Å². The van der Waals surface area contributed by atoms with E-state index in [4.69, 9.17) is 9.84 Å². The second-order valence-electron chi connectivity index (χ2n) is 2.80. The van der Waals surface area contributed by atoms with Crippen LogP contribution in [0.25, 0.3) is 6.08 Å². The van der Waals surface area contributed by atoms with Gasteiger partial charge in [-0.25, -0.2) is 4.79 Å². The molecule has 0 bridgehead atoms. The molecule has 1 aliphatic heterocycles. The monoisotopic (exact) mass is 248 g/mol. The number of hydrogen-bond donors (Lipinski definition) is 1. The van der Waals surface area contributed by atoms with Crippen molar-refractivity contribution in [2.45, 2.75) is 0 Å². The first-order valence-electron chi connectivity index (χ1n) is 3.93. The number of hydrogen-bond acceptors (Lipinski definition) is 2. The van der Waals surface area contributed by atoms with Gasteiger partial charge in [-0.3, -0.25) is 0 Å². The summed E-state index contributed by atoms with van der Waals surface area (Å²) in [6.07, 6.45) is 1.64. The van der Waals surface area contributed by atoms with Gasteiger partial charge in [-0.05, 0) is 12.1 Å². The Balaban J connectivity index is 0.000000980. The third-order valence-corrected chi connectivity index (χ3v) is 1.91. The predicted octanol–water partition coefficient (Wildman–Crippen LogP) is 2.39. The Kier molecular flexibility index (Phi) is 5.19. The summed E-state index contributed by atoms with van der Waals surface area (Å²) < 4.78 is 5.25. The molecular weight excluding hydrogens is 239 g/mol. The fourth-order valence-corrected chi connectivity index (χ4v) is 1.24. The molecule has 0 fully saturated rings. The van der Waals surface area contributed by atoms with E-state index in [1.165, 1.54) is 0 Å². The lowest BCUT2D eigenvalue weighted by atomic mass is 10.1. The van der Waals surface area contributed by atoms with E-state index in [0.29, 0.717) is 5.57 Å². The molecule has 0 atom stereocenters. The zero-order chi connectivity index (χ0) is 9.26. The topological polar surface area (TPSA) is 46.5 Å². The molecule has 1 aliphatic rings. The highest BCUT2D eigenvalue weighted by Gasteiger charge is 2.15. The Morgan fingerprint density at radius 3 is 2.60 bits per heavy atom. The molecule has 0 unspecified atom stereocenters. The molecular formula is C10H10Cl2O3. The van der Waals surface area contributed by atoms with Crippen molar-refractivity contribution in [2.75, 3.05) is 6.61 Å². The number of carbonyl (C=O) groups is 1. The number of fused-ring (bicyclic) bond motifs is 1. The molecule has 82 valence electrons. The van der Waals surface area contributed by atoms with Crippen LogP contribution >= 0.6 is 24.8 Å². The van der Waals surface area contributed by atoms with Crippen LogP contribution < -0.4 is 4.74 Å². The second-order valence-corrected chi connectivity index (χ2v) is 2.80.